The van der Waals surface area contributed by atoms with Crippen molar-refractivity contribution in [2.45, 2.75) is 4.90 Å². The van der Waals surface area contributed by atoms with Crippen LogP contribution in [0.3, 0.4) is 0 Å². The first-order chi connectivity index (χ1) is 13.5. The van der Waals surface area contributed by atoms with E-state index in [4.69, 9.17) is 0 Å². The summed E-state index contributed by atoms with van der Waals surface area (Å²) in [6.45, 7) is 3.73. The molecular formula is C23H17NO3S. The van der Waals surface area contributed by atoms with Gasteiger partial charge in [-0.15, -0.1) is 0 Å². The molecule has 0 aromatic heterocycles. The van der Waals surface area contributed by atoms with Gasteiger partial charge in [0.15, 0.2) is 5.78 Å². The van der Waals surface area contributed by atoms with Gasteiger partial charge in [-0.05, 0) is 29.3 Å². The summed E-state index contributed by atoms with van der Waals surface area (Å²) in [5.74, 6) is -0.203. The second kappa shape index (κ2) is 6.94. The molecule has 5 heteroatoms. The van der Waals surface area contributed by atoms with Crippen LogP contribution in [0.2, 0.25) is 0 Å². The Balaban J connectivity index is 1.66. The van der Waals surface area contributed by atoms with Gasteiger partial charge in [0.1, 0.15) is 0 Å². The topological polar surface area (TPSA) is 63.2 Å². The van der Waals surface area contributed by atoms with Crippen LogP contribution in [0.1, 0.15) is 15.9 Å². The summed E-state index contributed by atoms with van der Waals surface area (Å²) in [6.07, 6.45) is 1.47. The van der Waals surface area contributed by atoms with Crippen LogP contribution in [0.15, 0.2) is 102 Å². The van der Waals surface area contributed by atoms with Crippen LogP contribution in [0, 0.1) is 0 Å². The van der Waals surface area contributed by atoms with E-state index in [0.29, 0.717) is 16.8 Å². The smallest absolute Gasteiger partial charge is 0.261 e. The summed E-state index contributed by atoms with van der Waals surface area (Å²) in [5.41, 5.74) is 3.51. The normalized spacial score (nSPS) is 13.6. The van der Waals surface area contributed by atoms with Gasteiger partial charge in [-0.3, -0.25) is 9.52 Å². The van der Waals surface area contributed by atoms with Crippen molar-refractivity contribution in [3.05, 3.63) is 108 Å². The SMILES string of the molecule is C=C1C=C(NS(=O)(=O)c2ccc(-c3ccccc3)cc2)c2ccccc2C1=O. The average molecular weight is 387 g/mol. The Labute approximate surface area is 163 Å². The van der Waals surface area contributed by atoms with Gasteiger partial charge in [-0.2, -0.15) is 0 Å². The minimum absolute atomic E-state index is 0.146. The standard InChI is InChI=1S/C23H17NO3S/c1-16-15-22(20-9-5-6-10-21(20)23(16)25)24-28(26,27)19-13-11-18(12-14-19)17-7-3-2-4-8-17/h2-15,24H,1H2. The second-order valence-corrected chi connectivity index (χ2v) is 8.14. The molecule has 1 aliphatic rings. The molecule has 28 heavy (non-hydrogen) atoms. The molecule has 0 aliphatic heterocycles. The largest absolute Gasteiger partial charge is 0.289 e. The van der Waals surface area contributed by atoms with Crippen molar-refractivity contribution in [2.75, 3.05) is 0 Å². The lowest BCUT2D eigenvalue weighted by atomic mass is 9.91. The molecule has 4 nitrogen and oxygen atoms in total. The molecule has 0 heterocycles. The van der Waals surface area contributed by atoms with Crippen molar-refractivity contribution in [1.82, 2.24) is 4.72 Å². The van der Waals surface area contributed by atoms with Gasteiger partial charge >= 0.3 is 0 Å². The van der Waals surface area contributed by atoms with E-state index in [1.165, 1.54) is 6.08 Å². The molecule has 1 N–H and O–H groups in total. The predicted molar refractivity (Wildman–Crippen MR) is 110 cm³/mol. The number of carbonyl (C=O) groups excluding carboxylic acids is 1. The highest BCUT2D eigenvalue weighted by molar-refractivity contribution is 7.89. The molecule has 0 amide bonds. The van der Waals surface area contributed by atoms with Gasteiger partial charge in [0, 0.05) is 16.7 Å². The van der Waals surface area contributed by atoms with Crippen molar-refractivity contribution >= 4 is 21.5 Å². The lowest BCUT2D eigenvalue weighted by Crippen LogP contribution is -2.25. The van der Waals surface area contributed by atoms with Crippen molar-refractivity contribution in [1.29, 1.82) is 0 Å². The highest BCUT2D eigenvalue weighted by Crippen LogP contribution is 2.28. The summed E-state index contributed by atoms with van der Waals surface area (Å²) < 4.78 is 28.4. The van der Waals surface area contributed by atoms with Gasteiger partial charge in [-0.1, -0.05) is 73.3 Å². The van der Waals surface area contributed by atoms with Crippen LogP contribution in [0.5, 0.6) is 0 Å². The Bertz CT molecular complexity index is 1210. The molecule has 4 rings (SSSR count). The zero-order valence-electron chi connectivity index (χ0n) is 14.9. The molecule has 0 saturated heterocycles. The van der Waals surface area contributed by atoms with E-state index in [9.17, 15) is 13.2 Å². The minimum atomic E-state index is -3.81. The minimum Gasteiger partial charge on any atom is -0.289 e. The number of Topliss-reactive ketones (excluding diaryl/α,β-unsaturated/α-hetero) is 1. The number of nitrogens with one attached hydrogen (secondary N) is 1. The Morgan fingerprint density at radius 2 is 1.29 bits per heavy atom. The fourth-order valence-corrected chi connectivity index (χ4v) is 4.22. The summed E-state index contributed by atoms with van der Waals surface area (Å²) in [4.78, 5) is 12.4. The summed E-state index contributed by atoms with van der Waals surface area (Å²) in [5, 5.41) is 0. The van der Waals surface area contributed by atoms with E-state index >= 15 is 0 Å². The molecular weight excluding hydrogens is 370 g/mol. The molecule has 0 radical (unpaired) electrons. The predicted octanol–water partition coefficient (Wildman–Crippen LogP) is 4.43. The Kier molecular flexibility index (Phi) is 4.45. The summed E-state index contributed by atoms with van der Waals surface area (Å²) >= 11 is 0. The van der Waals surface area contributed by atoms with E-state index in [1.807, 2.05) is 30.3 Å². The third kappa shape index (κ3) is 3.28. The number of fused-ring (bicyclic) bond motifs is 1. The summed E-state index contributed by atoms with van der Waals surface area (Å²) in [6, 6.07) is 23.3. The number of allylic oxidation sites excluding steroid dienone is 2. The van der Waals surface area contributed by atoms with E-state index in [1.54, 1.807) is 48.5 Å². The first-order valence-electron chi connectivity index (χ1n) is 8.69. The molecule has 0 atom stereocenters. The molecule has 0 saturated carbocycles. The van der Waals surface area contributed by atoms with Gasteiger partial charge in [0.2, 0.25) is 0 Å². The molecule has 0 unspecified atom stereocenters. The first kappa shape index (κ1) is 17.9. The van der Waals surface area contributed by atoms with Crippen molar-refractivity contribution in [2.24, 2.45) is 0 Å². The number of carbonyl (C=O) groups is 1. The fourth-order valence-electron chi connectivity index (χ4n) is 3.15. The van der Waals surface area contributed by atoms with Crippen molar-refractivity contribution in [3.8, 4) is 11.1 Å². The van der Waals surface area contributed by atoms with Crippen LogP contribution < -0.4 is 4.72 Å². The number of hydrogen-bond acceptors (Lipinski definition) is 3. The van der Waals surface area contributed by atoms with Crippen molar-refractivity contribution in [3.63, 3.8) is 0 Å². The van der Waals surface area contributed by atoms with Crippen LogP contribution in [0.4, 0.5) is 0 Å². The number of hydrogen-bond donors (Lipinski definition) is 1. The zero-order chi connectivity index (χ0) is 19.7. The third-order valence-corrected chi connectivity index (χ3v) is 5.97. The Morgan fingerprint density at radius 3 is 1.96 bits per heavy atom. The summed E-state index contributed by atoms with van der Waals surface area (Å²) in [7, 11) is -3.81. The molecule has 1 aliphatic carbocycles. The van der Waals surface area contributed by atoms with Crippen LogP contribution in [0.25, 0.3) is 16.8 Å². The van der Waals surface area contributed by atoms with Crippen LogP contribution >= 0.6 is 0 Å². The lowest BCUT2D eigenvalue weighted by molar-refractivity contribution is 0.103. The quantitative estimate of drug-likeness (QED) is 0.674. The molecule has 3 aromatic carbocycles. The molecule has 0 spiro atoms. The fraction of sp³-hybridized carbons (Fsp3) is 0. The molecule has 138 valence electrons. The zero-order valence-corrected chi connectivity index (χ0v) is 15.7. The number of ketones is 1. The van der Waals surface area contributed by atoms with Crippen molar-refractivity contribution < 1.29 is 13.2 Å². The maximum Gasteiger partial charge on any atom is 0.261 e. The van der Waals surface area contributed by atoms with Gasteiger partial charge < -0.3 is 0 Å². The lowest BCUT2D eigenvalue weighted by Gasteiger charge is -2.19. The first-order valence-corrected chi connectivity index (χ1v) is 10.2. The average Bonchev–Trinajstić information content (AvgIpc) is 2.72. The maximum atomic E-state index is 12.9. The molecule has 3 aromatic rings. The van der Waals surface area contributed by atoms with E-state index in [0.717, 1.165) is 11.1 Å². The second-order valence-electron chi connectivity index (χ2n) is 6.45. The highest BCUT2D eigenvalue weighted by atomic mass is 32.2. The van der Waals surface area contributed by atoms with E-state index < -0.39 is 10.0 Å². The molecule has 0 fully saturated rings. The van der Waals surface area contributed by atoms with E-state index in [2.05, 4.69) is 11.3 Å². The van der Waals surface area contributed by atoms with Crippen LogP contribution in [-0.4, -0.2) is 14.2 Å². The number of sulfonamides is 1. The van der Waals surface area contributed by atoms with E-state index in [-0.39, 0.29) is 16.3 Å². The number of benzene rings is 3. The van der Waals surface area contributed by atoms with Gasteiger partial charge in [0.25, 0.3) is 10.0 Å². The maximum absolute atomic E-state index is 12.9. The van der Waals surface area contributed by atoms with Gasteiger partial charge in [-0.25, -0.2) is 8.42 Å². The van der Waals surface area contributed by atoms with Crippen LogP contribution in [-0.2, 0) is 10.0 Å². The highest BCUT2D eigenvalue weighted by Gasteiger charge is 2.25. The monoisotopic (exact) mass is 387 g/mol. The van der Waals surface area contributed by atoms with Gasteiger partial charge in [0.05, 0.1) is 10.6 Å². The Morgan fingerprint density at radius 1 is 0.714 bits per heavy atom. The molecule has 0 bridgehead atoms. The third-order valence-electron chi connectivity index (χ3n) is 4.59. The number of rotatable bonds is 4. The Hall–Kier alpha value is -3.44.